The predicted molar refractivity (Wildman–Crippen MR) is 137 cm³/mol. The number of hydrogen-bond acceptors (Lipinski definition) is 7. The number of halogens is 4. The van der Waals surface area contributed by atoms with Crippen LogP contribution in [0.15, 0.2) is 36.5 Å². The van der Waals surface area contributed by atoms with Gasteiger partial charge in [-0.15, -0.1) is 12.4 Å². The lowest BCUT2D eigenvalue weighted by molar-refractivity contribution is 0.287. The van der Waals surface area contributed by atoms with Crippen LogP contribution in [0, 0.1) is 17.5 Å². The summed E-state index contributed by atoms with van der Waals surface area (Å²) >= 11 is 0. The summed E-state index contributed by atoms with van der Waals surface area (Å²) in [5.41, 5.74) is 1.66. The highest BCUT2D eigenvalue weighted by atomic mass is 35.5. The first-order valence-corrected chi connectivity index (χ1v) is 11.7. The third-order valence-corrected chi connectivity index (χ3v) is 6.23. The first kappa shape index (κ1) is 25.8. The van der Waals surface area contributed by atoms with Crippen molar-refractivity contribution >= 4 is 35.4 Å². The number of nitrogens with one attached hydrogen (secondary N) is 2. The minimum atomic E-state index is -0.711. The van der Waals surface area contributed by atoms with E-state index in [2.05, 4.69) is 25.5 Å². The van der Waals surface area contributed by atoms with Crippen LogP contribution in [0.5, 0.6) is 5.75 Å². The topological polar surface area (TPSA) is 65.6 Å². The van der Waals surface area contributed by atoms with Crippen LogP contribution in [0.2, 0.25) is 0 Å². The highest BCUT2D eigenvalue weighted by Gasteiger charge is 2.26. The van der Waals surface area contributed by atoms with Crippen molar-refractivity contribution in [2.45, 2.75) is 19.9 Å². The second-order valence-corrected chi connectivity index (χ2v) is 8.86. The summed E-state index contributed by atoms with van der Waals surface area (Å²) < 4.78 is 50.0. The lowest BCUT2D eigenvalue weighted by Gasteiger charge is -2.34. The summed E-state index contributed by atoms with van der Waals surface area (Å²) in [6.45, 7) is 8.24. The molecule has 0 amide bonds. The molecule has 1 aromatic heterocycles. The first-order valence-electron chi connectivity index (χ1n) is 11.7. The second kappa shape index (κ2) is 10.8. The van der Waals surface area contributed by atoms with E-state index in [-0.39, 0.29) is 47.1 Å². The fourth-order valence-electron chi connectivity index (χ4n) is 4.45. The molecule has 0 saturated carbocycles. The molecule has 2 N–H and O–H groups in total. The van der Waals surface area contributed by atoms with E-state index < -0.39 is 17.5 Å². The van der Waals surface area contributed by atoms with Crippen molar-refractivity contribution in [3.8, 4) is 17.0 Å². The minimum Gasteiger partial charge on any atom is -0.486 e. The standard InChI is InChI=1S/C25H27F3N6O.ClH/c1-15(2)34-9-10-35-24-19(27)11-16(12-22(24)34)23-20(28)14-30-25(32-23)31-21-4-3-17(13-18(21)26)33-7-5-29-6-8-33;/h3-4,11-15,29H,5-10H2,1-2H3,(H,30,31,32);1H. The lowest BCUT2D eigenvalue weighted by Crippen LogP contribution is -2.43. The Morgan fingerprint density at radius 2 is 1.78 bits per heavy atom. The van der Waals surface area contributed by atoms with Gasteiger partial charge >= 0.3 is 0 Å². The van der Waals surface area contributed by atoms with Crippen molar-refractivity contribution in [3.05, 3.63) is 54.0 Å². The van der Waals surface area contributed by atoms with Crippen molar-refractivity contribution < 1.29 is 17.9 Å². The number of piperazine rings is 1. The van der Waals surface area contributed by atoms with Gasteiger partial charge in [-0.25, -0.2) is 23.1 Å². The van der Waals surface area contributed by atoms with E-state index in [1.807, 2.05) is 24.8 Å². The van der Waals surface area contributed by atoms with Crippen molar-refractivity contribution in [1.82, 2.24) is 15.3 Å². The number of aromatic nitrogens is 2. The number of benzene rings is 2. The number of rotatable bonds is 5. The number of ether oxygens (including phenoxy) is 1. The Kier molecular flexibility index (Phi) is 7.75. The Morgan fingerprint density at radius 1 is 1.00 bits per heavy atom. The lowest BCUT2D eigenvalue weighted by atomic mass is 10.1. The molecule has 0 atom stereocenters. The maximum Gasteiger partial charge on any atom is 0.228 e. The van der Waals surface area contributed by atoms with Gasteiger partial charge in [0, 0.05) is 43.5 Å². The molecule has 2 aliphatic rings. The first-order chi connectivity index (χ1) is 16.9. The van der Waals surface area contributed by atoms with E-state index in [9.17, 15) is 13.2 Å². The van der Waals surface area contributed by atoms with Gasteiger partial charge in [0.25, 0.3) is 0 Å². The van der Waals surface area contributed by atoms with E-state index in [4.69, 9.17) is 4.74 Å². The van der Waals surface area contributed by atoms with Gasteiger partial charge < -0.3 is 25.2 Å². The van der Waals surface area contributed by atoms with Crippen LogP contribution >= 0.6 is 12.4 Å². The smallest absolute Gasteiger partial charge is 0.228 e. The van der Waals surface area contributed by atoms with E-state index in [0.29, 0.717) is 18.8 Å². The van der Waals surface area contributed by atoms with Crippen LogP contribution in [0.25, 0.3) is 11.3 Å². The van der Waals surface area contributed by atoms with E-state index in [0.717, 1.165) is 38.1 Å². The van der Waals surface area contributed by atoms with Crippen molar-refractivity contribution in [1.29, 1.82) is 0 Å². The van der Waals surface area contributed by atoms with Crippen LogP contribution < -0.4 is 25.2 Å². The van der Waals surface area contributed by atoms with Crippen LogP contribution in [-0.4, -0.2) is 55.3 Å². The minimum absolute atomic E-state index is 0. The molecule has 0 radical (unpaired) electrons. The van der Waals surface area contributed by atoms with E-state index in [1.165, 1.54) is 12.1 Å². The third-order valence-electron chi connectivity index (χ3n) is 6.23. The maximum absolute atomic E-state index is 14.9. The highest BCUT2D eigenvalue weighted by Crippen LogP contribution is 2.39. The van der Waals surface area contributed by atoms with Crippen LogP contribution in [0.1, 0.15) is 13.8 Å². The predicted octanol–water partition coefficient (Wildman–Crippen LogP) is 4.74. The Balaban J connectivity index is 0.00000304. The van der Waals surface area contributed by atoms with Crippen LogP contribution in [0.4, 0.5) is 36.2 Å². The molecular weight excluding hydrogens is 493 g/mol. The zero-order chi connectivity index (χ0) is 24.5. The molecule has 0 spiro atoms. The molecule has 3 heterocycles. The normalized spacial score (nSPS) is 15.3. The van der Waals surface area contributed by atoms with Crippen molar-refractivity contribution in [2.24, 2.45) is 0 Å². The average Bonchev–Trinajstić information content (AvgIpc) is 2.86. The summed E-state index contributed by atoms with van der Waals surface area (Å²) in [5.74, 6) is -1.62. The molecule has 2 aromatic carbocycles. The fraction of sp³-hybridized carbons (Fsp3) is 0.360. The molecule has 7 nitrogen and oxygen atoms in total. The molecule has 192 valence electrons. The molecule has 0 unspecified atom stereocenters. The van der Waals surface area contributed by atoms with Crippen LogP contribution in [-0.2, 0) is 0 Å². The maximum atomic E-state index is 14.9. The number of hydrogen-bond donors (Lipinski definition) is 2. The Labute approximate surface area is 214 Å². The molecule has 36 heavy (non-hydrogen) atoms. The molecule has 11 heteroatoms. The second-order valence-electron chi connectivity index (χ2n) is 8.86. The fourth-order valence-corrected chi connectivity index (χ4v) is 4.45. The zero-order valence-electron chi connectivity index (χ0n) is 20.0. The Morgan fingerprint density at radius 3 is 2.50 bits per heavy atom. The van der Waals surface area contributed by atoms with Gasteiger partial charge in [0.2, 0.25) is 5.95 Å². The van der Waals surface area contributed by atoms with Crippen LogP contribution in [0.3, 0.4) is 0 Å². The monoisotopic (exact) mass is 520 g/mol. The molecule has 5 rings (SSSR count). The molecule has 1 fully saturated rings. The molecule has 0 bridgehead atoms. The Bertz CT molecular complexity index is 1240. The third kappa shape index (κ3) is 5.15. The average molecular weight is 521 g/mol. The molecule has 2 aliphatic heterocycles. The summed E-state index contributed by atoms with van der Waals surface area (Å²) in [7, 11) is 0. The number of fused-ring (bicyclic) bond motifs is 1. The van der Waals surface area contributed by atoms with Gasteiger partial charge in [-0.3, -0.25) is 0 Å². The molecule has 1 saturated heterocycles. The largest absolute Gasteiger partial charge is 0.486 e. The summed E-state index contributed by atoms with van der Waals surface area (Å²) in [4.78, 5) is 12.3. The molecular formula is C25H28ClF3N6O. The van der Waals surface area contributed by atoms with Gasteiger partial charge in [-0.2, -0.15) is 0 Å². The SMILES string of the molecule is CC(C)N1CCOc2c(F)cc(-c3nc(Nc4ccc(N5CCNCC5)cc4F)ncc3F)cc21.Cl. The molecule has 3 aromatic rings. The zero-order valence-corrected chi connectivity index (χ0v) is 20.8. The number of nitrogens with zero attached hydrogens (tertiary/aromatic N) is 4. The summed E-state index contributed by atoms with van der Waals surface area (Å²) in [5, 5.41) is 6.09. The molecule has 0 aliphatic carbocycles. The van der Waals surface area contributed by atoms with Gasteiger partial charge in [0.05, 0.1) is 24.1 Å². The van der Waals surface area contributed by atoms with Gasteiger partial charge in [-0.05, 0) is 44.2 Å². The van der Waals surface area contributed by atoms with Crippen molar-refractivity contribution in [2.75, 3.05) is 54.4 Å². The van der Waals surface area contributed by atoms with Crippen molar-refractivity contribution in [3.63, 3.8) is 0 Å². The summed E-state index contributed by atoms with van der Waals surface area (Å²) in [6, 6.07) is 7.84. The quantitative estimate of drug-likeness (QED) is 0.503. The van der Waals surface area contributed by atoms with E-state index >= 15 is 0 Å². The number of anilines is 4. The van der Waals surface area contributed by atoms with Gasteiger partial charge in [0.15, 0.2) is 17.4 Å². The summed E-state index contributed by atoms with van der Waals surface area (Å²) in [6.07, 6.45) is 0.992. The highest BCUT2D eigenvalue weighted by molar-refractivity contribution is 5.85. The van der Waals surface area contributed by atoms with Gasteiger partial charge in [0.1, 0.15) is 18.1 Å². The Hall–Kier alpha value is -3.24. The van der Waals surface area contributed by atoms with E-state index in [1.54, 1.807) is 12.1 Å². The van der Waals surface area contributed by atoms with Gasteiger partial charge in [-0.1, -0.05) is 0 Å².